The Morgan fingerprint density at radius 2 is 1.95 bits per heavy atom. The topological polar surface area (TPSA) is 29.1 Å². The first kappa shape index (κ1) is 14.8. The summed E-state index contributed by atoms with van der Waals surface area (Å²) in [6, 6.07) is 7.76. The maximum absolute atomic E-state index is 13.4. The Labute approximate surface area is 125 Å². The molecule has 2 rings (SSSR count). The molecule has 104 valence electrons. The van der Waals surface area contributed by atoms with Gasteiger partial charge in [-0.25, -0.2) is 8.78 Å². The van der Waals surface area contributed by atoms with Crippen LogP contribution in [0.5, 0.6) is 0 Å². The molecule has 0 radical (unpaired) electrons. The second-order valence-electron chi connectivity index (χ2n) is 4.08. The molecule has 2 aromatic carbocycles. The molecule has 0 spiro atoms. The van der Waals surface area contributed by atoms with Gasteiger partial charge in [0.05, 0.1) is 10.6 Å². The van der Waals surface area contributed by atoms with E-state index in [-0.39, 0.29) is 22.7 Å². The van der Waals surface area contributed by atoms with Crippen LogP contribution in [0.4, 0.5) is 8.78 Å². The molecule has 20 heavy (non-hydrogen) atoms. The van der Waals surface area contributed by atoms with Crippen LogP contribution in [-0.4, -0.2) is 5.91 Å². The van der Waals surface area contributed by atoms with E-state index in [1.54, 1.807) is 12.1 Å². The maximum Gasteiger partial charge on any atom is 0.253 e. The molecule has 0 unspecified atom stereocenters. The fourth-order valence-electron chi connectivity index (χ4n) is 1.64. The Hall–Kier alpha value is -1.59. The van der Waals surface area contributed by atoms with Gasteiger partial charge in [-0.1, -0.05) is 11.6 Å². The average molecular weight is 314 g/mol. The summed E-state index contributed by atoms with van der Waals surface area (Å²) in [6.07, 6.45) is 0. The molecule has 0 fully saturated rings. The van der Waals surface area contributed by atoms with E-state index in [2.05, 4.69) is 17.9 Å². The normalized spacial score (nSPS) is 10.4. The minimum atomic E-state index is -0.583. The summed E-state index contributed by atoms with van der Waals surface area (Å²) >= 11 is 10.0. The van der Waals surface area contributed by atoms with Crippen LogP contribution in [0.2, 0.25) is 5.02 Å². The maximum atomic E-state index is 13.4. The lowest BCUT2D eigenvalue weighted by atomic mass is 10.1. The second-order valence-corrected chi connectivity index (χ2v) is 5.01. The van der Waals surface area contributed by atoms with Gasteiger partial charge < -0.3 is 5.32 Å². The first-order valence-electron chi connectivity index (χ1n) is 5.68. The first-order valence-corrected chi connectivity index (χ1v) is 6.50. The van der Waals surface area contributed by atoms with Gasteiger partial charge in [0.1, 0.15) is 11.6 Å². The molecule has 1 amide bonds. The van der Waals surface area contributed by atoms with E-state index < -0.39 is 17.5 Å². The first-order chi connectivity index (χ1) is 9.47. The molecule has 0 saturated carbocycles. The van der Waals surface area contributed by atoms with Gasteiger partial charge in [0.2, 0.25) is 0 Å². The Morgan fingerprint density at radius 1 is 1.20 bits per heavy atom. The zero-order chi connectivity index (χ0) is 14.7. The van der Waals surface area contributed by atoms with Crippen molar-refractivity contribution in [1.82, 2.24) is 5.32 Å². The number of nitrogens with one attached hydrogen (secondary N) is 1. The van der Waals surface area contributed by atoms with Crippen molar-refractivity contribution in [2.24, 2.45) is 0 Å². The smallest absolute Gasteiger partial charge is 0.253 e. The molecule has 0 atom stereocenters. The summed E-state index contributed by atoms with van der Waals surface area (Å²) in [7, 11) is 0. The molecule has 0 aromatic heterocycles. The predicted molar refractivity (Wildman–Crippen MR) is 76.2 cm³/mol. The minimum Gasteiger partial charge on any atom is -0.348 e. The van der Waals surface area contributed by atoms with Crippen molar-refractivity contribution in [2.75, 3.05) is 0 Å². The molecular formula is C14H10ClF2NOS. The van der Waals surface area contributed by atoms with E-state index in [9.17, 15) is 13.6 Å². The fourth-order valence-corrected chi connectivity index (χ4v) is 2.04. The van der Waals surface area contributed by atoms with E-state index in [0.29, 0.717) is 4.90 Å². The molecule has 2 aromatic rings. The van der Waals surface area contributed by atoms with E-state index in [1.165, 1.54) is 6.07 Å². The highest BCUT2D eigenvalue weighted by Gasteiger charge is 2.12. The quantitative estimate of drug-likeness (QED) is 0.828. The van der Waals surface area contributed by atoms with Gasteiger partial charge in [-0.05, 0) is 36.4 Å². The SMILES string of the molecule is O=C(NCc1cc(F)ccc1F)c1cc(S)ccc1Cl. The summed E-state index contributed by atoms with van der Waals surface area (Å²) in [5, 5.41) is 2.75. The number of hydrogen-bond donors (Lipinski definition) is 2. The summed E-state index contributed by atoms with van der Waals surface area (Å²) < 4.78 is 26.4. The van der Waals surface area contributed by atoms with Crippen LogP contribution in [0.15, 0.2) is 41.3 Å². The third-order valence-electron chi connectivity index (χ3n) is 2.64. The number of hydrogen-bond acceptors (Lipinski definition) is 2. The number of carbonyl (C=O) groups excluding carboxylic acids is 1. The molecule has 0 aliphatic rings. The van der Waals surface area contributed by atoms with Crippen molar-refractivity contribution in [3.05, 3.63) is 64.2 Å². The van der Waals surface area contributed by atoms with Gasteiger partial charge in [0, 0.05) is 17.0 Å². The summed E-state index contributed by atoms with van der Waals surface area (Å²) in [5.41, 5.74) is 0.299. The summed E-state index contributed by atoms with van der Waals surface area (Å²) in [6.45, 7) is -0.129. The molecule has 0 aliphatic heterocycles. The van der Waals surface area contributed by atoms with Crippen LogP contribution in [-0.2, 0) is 6.54 Å². The standard InChI is InChI=1S/C14H10ClF2NOS/c15-12-3-2-10(20)6-11(12)14(19)18-7-8-5-9(16)1-4-13(8)17/h1-6,20H,7H2,(H,18,19). The lowest BCUT2D eigenvalue weighted by Gasteiger charge is -2.08. The van der Waals surface area contributed by atoms with Gasteiger partial charge in [-0.15, -0.1) is 12.6 Å². The molecule has 0 heterocycles. The number of amides is 1. The highest BCUT2D eigenvalue weighted by Crippen LogP contribution is 2.19. The Kier molecular flexibility index (Phi) is 4.62. The van der Waals surface area contributed by atoms with Gasteiger partial charge in [0.25, 0.3) is 5.91 Å². The van der Waals surface area contributed by atoms with Crippen molar-refractivity contribution in [3.8, 4) is 0 Å². The van der Waals surface area contributed by atoms with E-state index in [1.807, 2.05) is 0 Å². The zero-order valence-electron chi connectivity index (χ0n) is 10.2. The Balaban J connectivity index is 2.12. The van der Waals surface area contributed by atoms with Crippen molar-refractivity contribution >= 4 is 30.1 Å². The molecule has 1 N–H and O–H groups in total. The van der Waals surface area contributed by atoms with Crippen LogP contribution >= 0.6 is 24.2 Å². The van der Waals surface area contributed by atoms with Gasteiger partial charge in [-0.2, -0.15) is 0 Å². The van der Waals surface area contributed by atoms with Crippen molar-refractivity contribution < 1.29 is 13.6 Å². The van der Waals surface area contributed by atoms with Crippen LogP contribution in [0.25, 0.3) is 0 Å². The Bertz CT molecular complexity index is 664. The number of halogens is 3. The summed E-state index contributed by atoms with van der Waals surface area (Å²) in [5.74, 6) is -1.62. The van der Waals surface area contributed by atoms with Crippen molar-refractivity contribution in [3.63, 3.8) is 0 Å². The Morgan fingerprint density at radius 3 is 2.70 bits per heavy atom. The molecule has 6 heteroatoms. The molecule has 0 aliphatic carbocycles. The molecule has 0 bridgehead atoms. The van der Waals surface area contributed by atoms with Gasteiger partial charge in [-0.3, -0.25) is 4.79 Å². The van der Waals surface area contributed by atoms with E-state index >= 15 is 0 Å². The third-order valence-corrected chi connectivity index (χ3v) is 3.25. The third kappa shape index (κ3) is 3.49. The highest BCUT2D eigenvalue weighted by atomic mass is 35.5. The molecule has 2 nitrogen and oxygen atoms in total. The lowest BCUT2D eigenvalue weighted by molar-refractivity contribution is 0.0950. The zero-order valence-corrected chi connectivity index (χ0v) is 11.8. The van der Waals surface area contributed by atoms with Crippen LogP contribution in [0.1, 0.15) is 15.9 Å². The largest absolute Gasteiger partial charge is 0.348 e. The van der Waals surface area contributed by atoms with E-state index in [4.69, 9.17) is 11.6 Å². The van der Waals surface area contributed by atoms with Gasteiger partial charge >= 0.3 is 0 Å². The van der Waals surface area contributed by atoms with Crippen LogP contribution < -0.4 is 5.32 Å². The average Bonchev–Trinajstić information content (AvgIpc) is 2.42. The molecule has 0 saturated heterocycles. The second kappa shape index (κ2) is 6.24. The highest BCUT2D eigenvalue weighted by molar-refractivity contribution is 7.80. The van der Waals surface area contributed by atoms with E-state index in [0.717, 1.165) is 18.2 Å². The number of carbonyl (C=O) groups is 1. The fraction of sp³-hybridized carbons (Fsp3) is 0.0714. The van der Waals surface area contributed by atoms with Crippen LogP contribution in [0, 0.1) is 11.6 Å². The van der Waals surface area contributed by atoms with Crippen molar-refractivity contribution in [2.45, 2.75) is 11.4 Å². The van der Waals surface area contributed by atoms with Crippen LogP contribution in [0.3, 0.4) is 0 Å². The number of benzene rings is 2. The molecular weight excluding hydrogens is 304 g/mol. The number of rotatable bonds is 3. The lowest BCUT2D eigenvalue weighted by Crippen LogP contribution is -2.23. The van der Waals surface area contributed by atoms with Crippen molar-refractivity contribution in [1.29, 1.82) is 0 Å². The summed E-state index contributed by atoms with van der Waals surface area (Å²) in [4.78, 5) is 12.5. The predicted octanol–water partition coefficient (Wildman–Crippen LogP) is 3.84. The monoisotopic (exact) mass is 313 g/mol. The van der Waals surface area contributed by atoms with Gasteiger partial charge in [0.15, 0.2) is 0 Å². The minimum absolute atomic E-state index is 0.0662. The number of thiol groups is 1.